The van der Waals surface area contributed by atoms with Crippen LogP contribution in [0.25, 0.3) is 0 Å². The lowest BCUT2D eigenvalue weighted by molar-refractivity contribution is 0.101. The van der Waals surface area contributed by atoms with Crippen molar-refractivity contribution in [2.24, 2.45) is 0 Å². The van der Waals surface area contributed by atoms with Gasteiger partial charge in [-0.2, -0.15) is 5.10 Å². The lowest BCUT2D eigenvalue weighted by Crippen LogP contribution is -2.22. The van der Waals surface area contributed by atoms with Gasteiger partial charge in [-0.25, -0.2) is 9.97 Å². The highest BCUT2D eigenvalue weighted by Gasteiger charge is 2.17. The minimum absolute atomic E-state index is 0.191. The number of amides is 1. The molecule has 2 aromatic heterocycles. The van der Waals surface area contributed by atoms with E-state index in [4.69, 9.17) is 0 Å². The molecule has 3 N–H and O–H groups in total. The quantitative estimate of drug-likeness (QED) is 0.705. The molecular formula is C9H10N6OS. The Labute approximate surface area is 101 Å². The Morgan fingerprint density at radius 1 is 1.53 bits per heavy atom. The molecule has 0 radical (unpaired) electrons. The largest absolute Gasteiger partial charge is 0.311 e. The Morgan fingerprint density at radius 2 is 2.47 bits per heavy atom. The average molecular weight is 250 g/mol. The number of nitrogens with one attached hydrogen (secondary N) is 3. The normalized spacial score (nSPS) is 14.4. The van der Waals surface area contributed by atoms with E-state index in [1.807, 2.05) is 0 Å². The van der Waals surface area contributed by atoms with E-state index < -0.39 is 0 Å². The van der Waals surface area contributed by atoms with Crippen molar-refractivity contribution in [3.05, 3.63) is 22.7 Å². The molecule has 0 spiro atoms. The summed E-state index contributed by atoms with van der Waals surface area (Å²) >= 11 is 1.49. The van der Waals surface area contributed by atoms with Crippen molar-refractivity contribution in [1.29, 1.82) is 0 Å². The summed E-state index contributed by atoms with van der Waals surface area (Å²) in [5, 5.41) is 12.7. The molecule has 0 unspecified atom stereocenters. The molecule has 0 bridgehead atoms. The monoisotopic (exact) mass is 250 g/mol. The molecular weight excluding hydrogens is 240 g/mol. The molecule has 3 rings (SSSR count). The maximum Gasteiger partial charge on any atom is 0.294 e. The Balaban J connectivity index is 1.77. The van der Waals surface area contributed by atoms with Crippen molar-refractivity contribution >= 4 is 22.4 Å². The van der Waals surface area contributed by atoms with Crippen LogP contribution in [-0.4, -0.2) is 32.6 Å². The molecule has 1 amide bonds. The summed E-state index contributed by atoms with van der Waals surface area (Å²) < 4.78 is 0. The van der Waals surface area contributed by atoms with Crippen molar-refractivity contribution in [3.63, 3.8) is 0 Å². The molecule has 1 aliphatic heterocycles. The highest BCUT2D eigenvalue weighted by Crippen LogP contribution is 2.25. The van der Waals surface area contributed by atoms with E-state index in [0.29, 0.717) is 5.13 Å². The lowest BCUT2D eigenvalue weighted by Gasteiger charge is -2.09. The van der Waals surface area contributed by atoms with Crippen LogP contribution in [0.15, 0.2) is 6.33 Å². The Kier molecular flexibility index (Phi) is 2.57. The zero-order valence-electron chi connectivity index (χ0n) is 8.86. The lowest BCUT2D eigenvalue weighted by atomic mass is 10.2. The summed E-state index contributed by atoms with van der Waals surface area (Å²) in [4.78, 5) is 21.0. The number of hydrogen-bond acceptors (Lipinski definition) is 6. The number of hydrogen-bond donors (Lipinski definition) is 3. The van der Waals surface area contributed by atoms with Crippen molar-refractivity contribution in [2.45, 2.75) is 13.0 Å². The van der Waals surface area contributed by atoms with Gasteiger partial charge in [0.1, 0.15) is 6.33 Å². The van der Waals surface area contributed by atoms with Crippen LogP contribution in [0.5, 0.6) is 0 Å². The molecule has 2 aromatic rings. The Hall–Kier alpha value is -1.80. The van der Waals surface area contributed by atoms with Crippen LogP contribution in [0, 0.1) is 0 Å². The number of thiazole rings is 1. The van der Waals surface area contributed by atoms with Gasteiger partial charge in [-0.1, -0.05) is 0 Å². The van der Waals surface area contributed by atoms with Crippen molar-refractivity contribution < 1.29 is 4.79 Å². The zero-order chi connectivity index (χ0) is 11.7. The molecule has 17 heavy (non-hydrogen) atoms. The second-order valence-corrected chi connectivity index (χ2v) is 4.69. The molecule has 3 heterocycles. The predicted molar refractivity (Wildman–Crippen MR) is 61.9 cm³/mol. The van der Waals surface area contributed by atoms with Crippen LogP contribution in [0.4, 0.5) is 5.13 Å². The highest BCUT2D eigenvalue weighted by atomic mass is 32.1. The second-order valence-electron chi connectivity index (χ2n) is 3.60. The minimum Gasteiger partial charge on any atom is -0.311 e. The van der Waals surface area contributed by atoms with Gasteiger partial charge in [0.05, 0.1) is 5.69 Å². The van der Waals surface area contributed by atoms with Crippen LogP contribution in [0.2, 0.25) is 0 Å². The number of aromatic amines is 1. The topological polar surface area (TPSA) is 95.6 Å². The standard InChI is InChI=1S/C9H10N6OS/c16-8(7-11-4-12-15-7)14-9-13-5-1-2-10-3-6(5)17-9/h4,10H,1-3H2,(H,11,12,15)(H,13,14,16). The van der Waals surface area contributed by atoms with Gasteiger partial charge in [0.25, 0.3) is 5.91 Å². The molecule has 7 nitrogen and oxygen atoms in total. The number of aromatic nitrogens is 4. The van der Waals surface area contributed by atoms with Gasteiger partial charge in [0, 0.05) is 24.4 Å². The average Bonchev–Trinajstić information content (AvgIpc) is 2.97. The summed E-state index contributed by atoms with van der Waals surface area (Å²) in [5.74, 6) is -0.127. The summed E-state index contributed by atoms with van der Waals surface area (Å²) in [6.45, 7) is 1.76. The number of anilines is 1. The maximum atomic E-state index is 11.7. The van der Waals surface area contributed by atoms with Crippen LogP contribution in [0.1, 0.15) is 21.2 Å². The fraction of sp³-hybridized carbons (Fsp3) is 0.333. The van der Waals surface area contributed by atoms with Crippen molar-refractivity contribution in [2.75, 3.05) is 11.9 Å². The van der Waals surface area contributed by atoms with E-state index in [9.17, 15) is 4.79 Å². The van der Waals surface area contributed by atoms with Crippen LogP contribution >= 0.6 is 11.3 Å². The van der Waals surface area contributed by atoms with E-state index in [-0.39, 0.29) is 11.7 Å². The maximum absolute atomic E-state index is 11.7. The molecule has 88 valence electrons. The molecule has 0 fully saturated rings. The number of H-pyrrole nitrogens is 1. The van der Waals surface area contributed by atoms with Crippen molar-refractivity contribution in [1.82, 2.24) is 25.5 Å². The molecule has 0 saturated heterocycles. The molecule has 0 aromatic carbocycles. The molecule has 0 aliphatic carbocycles. The summed E-state index contributed by atoms with van der Waals surface area (Å²) in [5.41, 5.74) is 1.07. The van der Waals surface area contributed by atoms with E-state index in [0.717, 1.165) is 25.2 Å². The van der Waals surface area contributed by atoms with Crippen LogP contribution < -0.4 is 10.6 Å². The number of rotatable bonds is 2. The first-order chi connectivity index (χ1) is 8.33. The first kappa shape index (κ1) is 10.4. The van der Waals surface area contributed by atoms with E-state index >= 15 is 0 Å². The van der Waals surface area contributed by atoms with Gasteiger partial charge in [0.15, 0.2) is 5.13 Å². The third kappa shape index (κ3) is 2.04. The highest BCUT2D eigenvalue weighted by molar-refractivity contribution is 7.15. The van der Waals surface area contributed by atoms with Gasteiger partial charge >= 0.3 is 0 Å². The summed E-state index contributed by atoms with van der Waals surface area (Å²) in [6.07, 6.45) is 2.20. The first-order valence-corrected chi connectivity index (χ1v) is 6.00. The summed E-state index contributed by atoms with van der Waals surface area (Å²) in [7, 11) is 0. The molecule has 0 atom stereocenters. The molecule has 1 aliphatic rings. The van der Waals surface area contributed by atoms with Crippen LogP contribution in [0.3, 0.4) is 0 Å². The van der Waals surface area contributed by atoms with Gasteiger partial charge < -0.3 is 5.32 Å². The van der Waals surface area contributed by atoms with Gasteiger partial charge in [-0.3, -0.25) is 15.2 Å². The van der Waals surface area contributed by atoms with E-state index in [1.54, 1.807) is 0 Å². The third-order valence-electron chi connectivity index (χ3n) is 2.45. The zero-order valence-corrected chi connectivity index (χ0v) is 9.67. The third-order valence-corrected chi connectivity index (χ3v) is 3.47. The SMILES string of the molecule is O=C(Nc1nc2c(s1)CNCC2)c1ncn[nH]1. The first-order valence-electron chi connectivity index (χ1n) is 5.19. The van der Waals surface area contributed by atoms with Gasteiger partial charge in [-0.15, -0.1) is 11.3 Å². The Bertz CT molecular complexity index is 510. The van der Waals surface area contributed by atoms with E-state index in [2.05, 4.69) is 30.8 Å². The minimum atomic E-state index is -0.318. The number of carbonyl (C=O) groups excluding carboxylic acids is 1. The van der Waals surface area contributed by atoms with Gasteiger partial charge in [0.2, 0.25) is 5.82 Å². The van der Waals surface area contributed by atoms with Crippen LogP contribution in [-0.2, 0) is 13.0 Å². The number of fused-ring (bicyclic) bond motifs is 1. The summed E-state index contributed by atoms with van der Waals surface area (Å²) in [6, 6.07) is 0. The number of carbonyl (C=O) groups is 1. The predicted octanol–water partition coefficient (Wildman–Crippen LogP) is 0.159. The fourth-order valence-corrected chi connectivity index (χ4v) is 2.62. The van der Waals surface area contributed by atoms with Crippen molar-refractivity contribution in [3.8, 4) is 0 Å². The fourth-order valence-electron chi connectivity index (χ4n) is 1.65. The Morgan fingerprint density at radius 3 is 3.24 bits per heavy atom. The second kappa shape index (κ2) is 4.22. The molecule has 8 heteroatoms. The van der Waals surface area contributed by atoms with E-state index in [1.165, 1.54) is 22.5 Å². The van der Waals surface area contributed by atoms with Gasteiger partial charge in [-0.05, 0) is 0 Å². The molecule has 0 saturated carbocycles. The number of nitrogens with zero attached hydrogens (tertiary/aromatic N) is 3. The smallest absolute Gasteiger partial charge is 0.294 e.